The number of carbonyl (C=O) groups is 1. The van der Waals surface area contributed by atoms with Crippen LogP contribution >= 0.6 is 0 Å². The minimum Gasteiger partial charge on any atom is -0.337 e. The van der Waals surface area contributed by atoms with E-state index in [0.717, 1.165) is 17.7 Å². The van der Waals surface area contributed by atoms with Gasteiger partial charge in [0.1, 0.15) is 5.69 Å². The van der Waals surface area contributed by atoms with Crippen LogP contribution in [0.25, 0.3) is 0 Å². The van der Waals surface area contributed by atoms with Crippen LogP contribution < -0.4 is 5.69 Å². The summed E-state index contributed by atoms with van der Waals surface area (Å²) in [5, 5.41) is 7.04. The number of H-pyrrole nitrogens is 2. The van der Waals surface area contributed by atoms with Gasteiger partial charge >= 0.3 is 5.69 Å². The number of likely N-dealkylation sites (tertiary alicyclic amines) is 1. The summed E-state index contributed by atoms with van der Waals surface area (Å²) in [6.07, 6.45) is 2.68. The fraction of sp³-hybridized carbons (Fsp3) is 0.429. The predicted octanol–water partition coefficient (Wildman–Crippen LogP) is 0.740. The van der Waals surface area contributed by atoms with E-state index in [4.69, 9.17) is 0 Å². The van der Waals surface area contributed by atoms with Gasteiger partial charge in [0.2, 0.25) is 0 Å². The van der Waals surface area contributed by atoms with Gasteiger partial charge in [0.25, 0.3) is 5.91 Å². The molecule has 1 saturated heterocycles. The minimum atomic E-state index is -0.487. The summed E-state index contributed by atoms with van der Waals surface area (Å²) in [5.41, 5.74) is 2.55. The first kappa shape index (κ1) is 13.5. The molecule has 1 aliphatic rings. The second kappa shape index (κ2) is 5.16. The Morgan fingerprint density at radius 2 is 2.24 bits per heavy atom. The van der Waals surface area contributed by atoms with Crippen LogP contribution in [0.1, 0.15) is 39.8 Å². The molecule has 1 fully saturated rings. The summed E-state index contributed by atoms with van der Waals surface area (Å²) in [6.45, 7) is 5.02. The van der Waals surface area contributed by atoms with Crippen LogP contribution in [-0.4, -0.2) is 44.1 Å². The summed E-state index contributed by atoms with van der Waals surface area (Å²) in [5.74, 6) is 0.0726. The predicted molar refractivity (Wildman–Crippen MR) is 76.2 cm³/mol. The van der Waals surface area contributed by atoms with E-state index >= 15 is 0 Å². The molecule has 2 aromatic rings. The van der Waals surface area contributed by atoms with Gasteiger partial charge in [-0.15, -0.1) is 0 Å². The van der Waals surface area contributed by atoms with Gasteiger partial charge in [0.15, 0.2) is 0 Å². The monoisotopic (exact) mass is 287 g/mol. The van der Waals surface area contributed by atoms with Crippen LogP contribution in [0.15, 0.2) is 17.1 Å². The molecule has 3 heterocycles. The third-order valence-corrected chi connectivity index (χ3v) is 3.85. The Kier molecular flexibility index (Phi) is 3.32. The molecule has 0 aliphatic carbocycles. The van der Waals surface area contributed by atoms with Crippen molar-refractivity contribution in [1.29, 1.82) is 0 Å². The number of amides is 1. The molecule has 1 atom stereocenters. The summed E-state index contributed by atoms with van der Waals surface area (Å²) in [7, 11) is 0. The molecule has 1 aliphatic heterocycles. The smallest absolute Gasteiger partial charge is 0.337 e. The number of nitrogens with zero attached hydrogens (tertiary/aromatic N) is 3. The van der Waals surface area contributed by atoms with Crippen molar-refractivity contribution in [3.05, 3.63) is 45.4 Å². The number of aryl methyl sites for hydroxylation is 2. The number of nitrogens with one attached hydrogen (secondary N) is 2. The van der Waals surface area contributed by atoms with E-state index in [9.17, 15) is 9.59 Å². The van der Waals surface area contributed by atoms with Crippen LogP contribution in [0, 0.1) is 13.8 Å². The van der Waals surface area contributed by atoms with Crippen molar-refractivity contribution >= 4 is 5.91 Å². The van der Waals surface area contributed by atoms with Gasteiger partial charge in [0, 0.05) is 30.4 Å². The second-order valence-corrected chi connectivity index (χ2v) is 5.46. The molecule has 0 aromatic carbocycles. The van der Waals surface area contributed by atoms with Crippen molar-refractivity contribution in [2.45, 2.75) is 26.2 Å². The van der Waals surface area contributed by atoms with Crippen molar-refractivity contribution < 1.29 is 4.79 Å². The van der Waals surface area contributed by atoms with E-state index in [2.05, 4.69) is 20.2 Å². The Balaban J connectivity index is 1.78. The van der Waals surface area contributed by atoms with Crippen LogP contribution in [-0.2, 0) is 0 Å². The molecular weight excluding hydrogens is 270 g/mol. The molecule has 0 bridgehead atoms. The molecule has 0 radical (unpaired) electrons. The Bertz CT molecular complexity index is 733. The molecule has 2 N–H and O–H groups in total. The summed E-state index contributed by atoms with van der Waals surface area (Å²) < 4.78 is 0. The molecule has 7 heteroatoms. The third kappa shape index (κ3) is 2.58. The number of hydrogen-bond acceptors (Lipinski definition) is 4. The van der Waals surface area contributed by atoms with Crippen LogP contribution in [0.2, 0.25) is 0 Å². The van der Waals surface area contributed by atoms with E-state index in [1.165, 1.54) is 0 Å². The van der Waals surface area contributed by atoms with Gasteiger partial charge < -0.3 is 9.88 Å². The summed E-state index contributed by atoms with van der Waals surface area (Å²) in [6, 6.07) is 1.61. The van der Waals surface area contributed by atoms with Crippen molar-refractivity contribution in [3.63, 3.8) is 0 Å². The number of aromatic nitrogens is 4. The average Bonchev–Trinajstić information content (AvgIpc) is 3.05. The van der Waals surface area contributed by atoms with Crippen molar-refractivity contribution in [2.75, 3.05) is 13.1 Å². The first-order valence-electron chi connectivity index (χ1n) is 6.91. The van der Waals surface area contributed by atoms with Crippen LogP contribution in [0.4, 0.5) is 0 Å². The van der Waals surface area contributed by atoms with Crippen LogP contribution in [0.5, 0.6) is 0 Å². The number of carbonyl (C=O) groups excluding carboxylic acids is 1. The zero-order valence-electron chi connectivity index (χ0n) is 12.0. The number of hydrogen-bond donors (Lipinski definition) is 2. The maximum Gasteiger partial charge on any atom is 0.345 e. The minimum absolute atomic E-state index is 0.191. The molecular formula is C14H17N5O2. The highest BCUT2D eigenvalue weighted by Gasteiger charge is 2.30. The molecule has 7 nitrogen and oxygen atoms in total. The number of rotatable bonds is 2. The van der Waals surface area contributed by atoms with E-state index < -0.39 is 5.69 Å². The molecule has 110 valence electrons. The molecule has 0 spiro atoms. The lowest BCUT2D eigenvalue weighted by Gasteiger charge is -2.16. The third-order valence-electron chi connectivity index (χ3n) is 3.85. The first-order chi connectivity index (χ1) is 10.0. The zero-order chi connectivity index (χ0) is 15.0. The van der Waals surface area contributed by atoms with E-state index in [1.807, 2.05) is 6.92 Å². The standard InChI is InChI=1S/C14H17N5O2/c1-8-6-15-18-12(8)10-3-4-19(7-10)13(20)11-5-9(2)16-14(21)17-11/h5-6,10H,3-4,7H2,1-2H3,(H,15,18)(H,16,17,21). The Hall–Kier alpha value is -2.44. The molecule has 21 heavy (non-hydrogen) atoms. The maximum absolute atomic E-state index is 12.4. The maximum atomic E-state index is 12.4. The highest BCUT2D eigenvalue weighted by Crippen LogP contribution is 2.28. The van der Waals surface area contributed by atoms with Crippen molar-refractivity contribution in [2.24, 2.45) is 0 Å². The lowest BCUT2D eigenvalue weighted by atomic mass is 10.0. The Morgan fingerprint density at radius 1 is 1.43 bits per heavy atom. The van der Waals surface area contributed by atoms with E-state index in [1.54, 1.807) is 24.1 Å². The Morgan fingerprint density at radius 3 is 2.90 bits per heavy atom. The van der Waals surface area contributed by atoms with Crippen molar-refractivity contribution in [1.82, 2.24) is 25.1 Å². The first-order valence-corrected chi connectivity index (χ1v) is 6.91. The zero-order valence-corrected chi connectivity index (χ0v) is 12.0. The quantitative estimate of drug-likeness (QED) is 0.851. The molecule has 2 aromatic heterocycles. The Labute approximate surface area is 121 Å². The van der Waals surface area contributed by atoms with Crippen molar-refractivity contribution in [3.8, 4) is 0 Å². The van der Waals surface area contributed by atoms with Gasteiger partial charge in [-0.3, -0.25) is 9.89 Å². The lowest BCUT2D eigenvalue weighted by molar-refractivity contribution is 0.0784. The summed E-state index contributed by atoms with van der Waals surface area (Å²) in [4.78, 5) is 31.9. The van der Waals surface area contributed by atoms with Gasteiger partial charge in [-0.05, 0) is 31.9 Å². The number of aromatic amines is 2. The fourth-order valence-corrected chi connectivity index (χ4v) is 2.80. The topological polar surface area (TPSA) is 94.7 Å². The van der Waals surface area contributed by atoms with E-state index in [0.29, 0.717) is 18.8 Å². The normalized spacial score (nSPS) is 18.2. The van der Waals surface area contributed by atoms with Gasteiger partial charge in [-0.1, -0.05) is 0 Å². The lowest BCUT2D eigenvalue weighted by Crippen LogP contribution is -2.31. The molecule has 3 rings (SSSR count). The second-order valence-electron chi connectivity index (χ2n) is 5.46. The molecule has 1 unspecified atom stereocenters. The summed E-state index contributed by atoms with van der Waals surface area (Å²) >= 11 is 0. The van der Waals surface area contributed by atoms with Gasteiger partial charge in [-0.25, -0.2) is 4.79 Å². The molecule has 1 amide bonds. The van der Waals surface area contributed by atoms with E-state index in [-0.39, 0.29) is 17.5 Å². The van der Waals surface area contributed by atoms with Gasteiger partial charge in [0.05, 0.1) is 6.20 Å². The average molecular weight is 287 g/mol. The largest absolute Gasteiger partial charge is 0.345 e. The highest BCUT2D eigenvalue weighted by atomic mass is 16.2. The molecule has 0 saturated carbocycles. The van der Waals surface area contributed by atoms with Gasteiger partial charge in [-0.2, -0.15) is 10.1 Å². The SMILES string of the molecule is Cc1cc(C(=O)N2CCC(c3[nH]ncc3C)C2)nc(=O)[nH]1. The van der Waals surface area contributed by atoms with Crippen LogP contribution in [0.3, 0.4) is 0 Å². The fourth-order valence-electron chi connectivity index (χ4n) is 2.80. The highest BCUT2D eigenvalue weighted by molar-refractivity contribution is 5.92.